The number of benzene rings is 2. The molecule has 0 fully saturated rings. The van der Waals surface area contributed by atoms with E-state index in [0.717, 1.165) is 6.16 Å². The summed E-state index contributed by atoms with van der Waals surface area (Å²) in [6.45, 7) is 6.61. The van der Waals surface area contributed by atoms with Crippen molar-refractivity contribution < 1.29 is 0 Å². The van der Waals surface area contributed by atoms with Crippen LogP contribution in [-0.4, -0.2) is 30.7 Å². The molecular weight excluding hydrogens is 477 g/mol. The molecular formula is C33H54ClNP+. The van der Waals surface area contributed by atoms with Gasteiger partial charge in [0.2, 0.25) is 0 Å². The highest BCUT2D eigenvalue weighted by Gasteiger charge is 2.40. The van der Waals surface area contributed by atoms with E-state index in [0.29, 0.717) is 0 Å². The number of rotatable bonds is 22. The maximum Gasteiger partial charge on any atom is 0.178 e. The van der Waals surface area contributed by atoms with Crippen LogP contribution >= 0.6 is 17.9 Å². The predicted molar refractivity (Wildman–Crippen MR) is 167 cm³/mol. The van der Waals surface area contributed by atoms with Gasteiger partial charge in [0.05, 0.1) is 17.4 Å². The molecule has 0 aliphatic rings. The lowest BCUT2D eigenvalue weighted by Gasteiger charge is -2.23. The maximum atomic E-state index is 7.47. The number of halogens is 1. The Labute approximate surface area is 229 Å². The van der Waals surface area contributed by atoms with Gasteiger partial charge in [-0.1, -0.05) is 114 Å². The second kappa shape index (κ2) is 20.1. The molecule has 2 aromatic rings. The van der Waals surface area contributed by atoms with Crippen molar-refractivity contribution in [3.05, 3.63) is 60.7 Å². The third-order valence-electron chi connectivity index (χ3n) is 7.43. The Morgan fingerprint density at radius 1 is 0.500 bits per heavy atom. The Hall–Kier alpha value is -0.880. The molecule has 2 aromatic carbocycles. The van der Waals surface area contributed by atoms with E-state index in [1.54, 1.807) is 0 Å². The Balaban J connectivity index is 1.79. The standard InChI is InChI=1S/C33H54ClNP/c1-3-5-7-9-11-20-28-35(29-21-12-10-8-6-4-2)30-22-15-23-31-36(34,32-24-16-13-17-25-32)33-26-18-14-19-27-33/h13-14,16-19,24-27H,3-12,15,20-23,28-31H2,1-2H3/q+1. The molecule has 202 valence electrons. The van der Waals surface area contributed by atoms with Crippen molar-refractivity contribution in [2.75, 3.05) is 25.8 Å². The molecule has 0 radical (unpaired) electrons. The summed E-state index contributed by atoms with van der Waals surface area (Å²) in [6.07, 6.45) is 21.6. The van der Waals surface area contributed by atoms with Crippen LogP contribution in [0.25, 0.3) is 0 Å². The second-order valence-electron chi connectivity index (χ2n) is 10.5. The van der Waals surface area contributed by atoms with E-state index in [9.17, 15) is 0 Å². The van der Waals surface area contributed by atoms with E-state index >= 15 is 0 Å². The van der Waals surface area contributed by atoms with E-state index in [4.69, 9.17) is 11.2 Å². The van der Waals surface area contributed by atoms with Crippen LogP contribution in [0, 0.1) is 0 Å². The molecule has 1 nitrogen and oxygen atoms in total. The highest BCUT2D eigenvalue weighted by atomic mass is 35.7. The Bertz CT molecular complexity index is 695. The van der Waals surface area contributed by atoms with E-state index in [1.807, 2.05) is 0 Å². The molecule has 0 aliphatic heterocycles. The molecule has 0 amide bonds. The zero-order chi connectivity index (χ0) is 25.7. The van der Waals surface area contributed by atoms with Crippen molar-refractivity contribution in [3.63, 3.8) is 0 Å². The van der Waals surface area contributed by atoms with Gasteiger partial charge < -0.3 is 4.90 Å². The topological polar surface area (TPSA) is 3.24 Å². The van der Waals surface area contributed by atoms with Crippen molar-refractivity contribution in [2.45, 2.75) is 110 Å². The number of nitrogens with zero attached hydrogens (tertiary/aromatic N) is 1. The first-order valence-corrected chi connectivity index (χ1v) is 18.0. The fourth-order valence-electron chi connectivity index (χ4n) is 5.14. The molecule has 0 aromatic heterocycles. The molecule has 3 heteroatoms. The molecule has 0 saturated carbocycles. The van der Waals surface area contributed by atoms with Crippen molar-refractivity contribution in [1.82, 2.24) is 4.90 Å². The van der Waals surface area contributed by atoms with Crippen LogP contribution in [0.3, 0.4) is 0 Å². The molecule has 0 unspecified atom stereocenters. The van der Waals surface area contributed by atoms with Gasteiger partial charge in [0, 0.05) is 0 Å². The summed E-state index contributed by atoms with van der Waals surface area (Å²) in [5, 5.41) is 2.65. The fraction of sp³-hybridized carbons (Fsp3) is 0.636. The van der Waals surface area contributed by atoms with Crippen LogP contribution in [0.4, 0.5) is 0 Å². The molecule has 36 heavy (non-hydrogen) atoms. The highest BCUT2D eigenvalue weighted by molar-refractivity contribution is 8.09. The van der Waals surface area contributed by atoms with E-state index in [1.165, 1.54) is 127 Å². The lowest BCUT2D eigenvalue weighted by atomic mass is 10.1. The average Bonchev–Trinajstić information content (AvgIpc) is 2.92. The van der Waals surface area contributed by atoms with Crippen LogP contribution in [0.2, 0.25) is 0 Å². The van der Waals surface area contributed by atoms with E-state index in [2.05, 4.69) is 79.4 Å². The van der Waals surface area contributed by atoms with Crippen LogP contribution in [0.15, 0.2) is 60.7 Å². The van der Waals surface area contributed by atoms with E-state index in [-0.39, 0.29) is 0 Å². The first-order chi connectivity index (χ1) is 17.7. The summed E-state index contributed by atoms with van der Waals surface area (Å²) in [4.78, 5) is 2.77. The van der Waals surface area contributed by atoms with Crippen LogP contribution in [0.1, 0.15) is 110 Å². The third-order valence-corrected chi connectivity index (χ3v) is 12.3. The summed E-state index contributed by atoms with van der Waals surface area (Å²) in [7, 11) is 0. The zero-order valence-corrected chi connectivity index (χ0v) is 25.1. The van der Waals surface area contributed by atoms with Crippen molar-refractivity contribution in [3.8, 4) is 0 Å². The monoisotopic (exact) mass is 530 g/mol. The molecule has 2 rings (SSSR count). The fourth-order valence-corrected chi connectivity index (χ4v) is 8.94. The number of unbranched alkanes of at least 4 members (excludes halogenated alkanes) is 12. The Morgan fingerprint density at radius 2 is 0.861 bits per heavy atom. The Kier molecular flexibility index (Phi) is 17.5. The highest BCUT2D eigenvalue weighted by Crippen LogP contribution is 2.62. The molecule has 0 heterocycles. The van der Waals surface area contributed by atoms with E-state index < -0.39 is 6.62 Å². The predicted octanol–water partition coefficient (Wildman–Crippen LogP) is 10.0. The van der Waals surface area contributed by atoms with Gasteiger partial charge in [0.1, 0.15) is 10.6 Å². The van der Waals surface area contributed by atoms with Crippen LogP contribution in [0.5, 0.6) is 0 Å². The first kappa shape index (κ1) is 31.3. The molecule has 0 N–H and O–H groups in total. The zero-order valence-electron chi connectivity index (χ0n) is 23.5. The molecule has 0 bridgehead atoms. The number of hydrogen-bond donors (Lipinski definition) is 0. The lowest BCUT2D eigenvalue weighted by molar-refractivity contribution is 0.255. The SMILES string of the molecule is CCCCCCCCN(CCCCCCCC)CCCCC[P+](Cl)(c1ccccc1)c1ccccc1. The summed E-state index contributed by atoms with van der Waals surface area (Å²) in [5.74, 6) is 0. The first-order valence-electron chi connectivity index (χ1n) is 15.1. The minimum absolute atomic E-state index is 1.09. The molecule has 0 spiro atoms. The summed E-state index contributed by atoms with van der Waals surface area (Å²) >= 11 is 7.47. The van der Waals surface area contributed by atoms with Gasteiger partial charge >= 0.3 is 0 Å². The van der Waals surface area contributed by atoms with Gasteiger partial charge in [-0.3, -0.25) is 0 Å². The van der Waals surface area contributed by atoms with Crippen molar-refractivity contribution >= 4 is 28.5 Å². The second-order valence-corrected chi connectivity index (χ2v) is 15.2. The minimum atomic E-state index is -1.84. The van der Waals surface area contributed by atoms with Crippen molar-refractivity contribution in [2.24, 2.45) is 0 Å². The summed E-state index contributed by atoms with van der Waals surface area (Å²) < 4.78 is 0. The molecule has 0 aliphatic carbocycles. The van der Waals surface area contributed by atoms with Gasteiger partial charge in [0.15, 0.2) is 6.62 Å². The number of hydrogen-bond acceptors (Lipinski definition) is 1. The van der Waals surface area contributed by atoms with Gasteiger partial charge in [-0.05, 0) is 76.0 Å². The largest absolute Gasteiger partial charge is 0.303 e. The van der Waals surface area contributed by atoms with Gasteiger partial charge in [-0.2, -0.15) is 0 Å². The lowest BCUT2D eigenvalue weighted by Crippen LogP contribution is -2.27. The maximum absolute atomic E-state index is 7.47. The van der Waals surface area contributed by atoms with Gasteiger partial charge in [-0.25, -0.2) is 0 Å². The van der Waals surface area contributed by atoms with Crippen LogP contribution in [-0.2, 0) is 0 Å². The quantitative estimate of drug-likeness (QED) is 0.108. The normalized spacial score (nSPS) is 11.9. The van der Waals surface area contributed by atoms with Crippen LogP contribution < -0.4 is 10.6 Å². The van der Waals surface area contributed by atoms with Gasteiger partial charge in [0.25, 0.3) is 0 Å². The third kappa shape index (κ3) is 12.6. The van der Waals surface area contributed by atoms with Crippen molar-refractivity contribution in [1.29, 1.82) is 0 Å². The molecule has 0 saturated heterocycles. The smallest absolute Gasteiger partial charge is 0.178 e. The summed E-state index contributed by atoms with van der Waals surface area (Å²) in [5.41, 5.74) is 0. The average molecular weight is 531 g/mol. The Morgan fingerprint density at radius 3 is 1.28 bits per heavy atom. The summed E-state index contributed by atoms with van der Waals surface area (Å²) in [6, 6.07) is 21.7. The minimum Gasteiger partial charge on any atom is -0.303 e. The van der Waals surface area contributed by atoms with Gasteiger partial charge in [-0.15, -0.1) is 0 Å². The molecule has 0 atom stereocenters.